The molecule has 4 rings (SSSR count). The van der Waals surface area contributed by atoms with E-state index < -0.39 is 5.41 Å². The number of hydrogen-bond acceptors (Lipinski definition) is 5. The van der Waals surface area contributed by atoms with Gasteiger partial charge in [0.25, 0.3) is 0 Å². The van der Waals surface area contributed by atoms with E-state index in [0.29, 0.717) is 42.8 Å². The molecule has 0 aromatic heterocycles. The van der Waals surface area contributed by atoms with Gasteiger partial charge >= 0.3 is 0 Å². The van der Waals surface area contributed by atoms with Crippen LogP contribution in [0.5, 0.6) is 0 Å². The molecule has 6 nitrogen and oxygen atoms in total. The number of carbonyl (C=O) groups is 2. The predicted molar refractivity (Wildman–Crippen MR) is 89.9 cm³/mol. The number of rotatable bonds is 1. The molecule has 1 aromatic carbocycles. The van der Waals surface area contributed by atoms with Crippen LogP contribution in [0.2, 0.25) is 0 Å². The zero-order valence-electron chi connectivity index (χ0n) is 13.8. The van der Waals surface area contributed by atoms with Crippen molar-refractivity contribution in [2.24, 2.45) is 5.73 Å². The van der Waals surface area contributed by atoms with E-state index in [9.17, 15) is 14.9 Å². The SMILES string of the molecule is CCN1C(=O)[C@]2(C(C#N)=C(N)OC3=C2C(=O)CCC3)c2ccccc21. The molecule has 2 N–H and O–H groups in total. The van der Waals surface area contributed by atoms with Crippen molar-refractivity contribution in [3.05, 3.63) is 52.6 Å². The number of hydrogen-bond donors (Lipinski definition) is 1. The van der Waals surface area contributed by atoms with Gasteiger partial charge in [0, 0.05) is 30.6 Å². The van der Waals surface area contributed by atoms with E-state index in [-0.39, 0.29) is 28.7 Å². The van der Waals surface area contributed by atoms with Gasteiger partial charge in [0.15, 0.2) is 5.78 Å². The molecule has 0 radical (unpaired) electrons. The van der Waals surface area contributed by atoms with Crippen LogP contribution in [0.25, 0.3) is 0 Å². The van der Waals surface area contributed by atoms with Gasteiger partial charge in [0.1, 0.15) is 22.8 Å². The fraction of sp³-hybridized carbons (Fsp3) is 0.316. The number of nitrogens with two attached hydrogens (primary N) is 1. The molecule has 0 unspecified atom stereocenters. The molecule has 1 spiro atoms. The summed E-state index contributed by atoms with van der Waals surface area (Å²) in [5, 5.41) is 9.79. The van der Waals surface area contributed by atoms with E-state index in [2.05, 4.69) is 6.07 Å². The number of ketones is 1. The lowest BCUT2D eigenvalue weighted by molar-refractivity contribution is -0.124. The van der Waals surface area contributed by atoms with Crippen molar-refractivity contribution in [1.29, 1.82) is 5.26 Å². The van der Waals surface area contributed by atoms with Crippen molar-refractivity contribution in [3.8, 4) is 6.07 Å². The number of Topliss-reactive ketones (excluding diaryl/α,β-unsaturated/α-hetero) is 1. The molecule has 126 valence electrons. The number of likely N-dealkylation sites (N-methyl/N-ethyl adjacent to an activating group) is 1. The van der Waals surface area contributed by atoms with Gasteiger partial charge in [0.05, 0.1) is 5.57 Å². The maximum Gasteiger partial charge on any atom is 0.247 e. The fourth-order valence-electron chi connectivity index (χ4n) is 4.22. The molecule has 1 aromatic rings. The number of fused-ring (bicyclic) bond motifs is 3. The molecule has 2 aliphatic heterocycles. The maximum absolute atomic E-state index is 13.5. The number of nitriles is 1. The molecule has 1 aliphatic carbocycles. The van der Waals surface area contributed by atoms with Crippen LogP contribution in [-0.4, -0.2) is 18.2 Å². The smallest absolute Gasteiger partial charge is 0.247 e. The van der Waals surface area contributed by atoms with Crippen molar-refractivity contribution in [3.63, 3.8) is 0 Å². The zero-order chi connectivity index (χ0) is 17.8. The summed E-state index contributed by atoms with van der Waals surface area (Å²) in [6, 6.07) is 9.33. The summed E-state index contributed by atoms with van der Waals surface area (Å²) in [7, 11) is 0. The first-order valence-corrected chi connectivity index (χ1v) is 8.33. The average molecular weight is 335 g/mol. The minimum atomic E-state index is -1.48. The molecule has 6 heteroatoms. The minimum Gasteiger partial charge on any atom is -0.444 e. The standard InChI is InChI=1S/C19H17N3O3/c1-2-22-13-7-4-3-6-11(13)19(18(22)24)12(10-20)17(21)25-15-9-5-8-14(23)16(15)19/h3-4,6-7H,2,5,8-9,21H2,1H3/t19-/m0/s1. The van der Waals surface area contributed by atoms with Gasteiger partial charge in [-0.1, -0.05) is 18.2 Å². The predicted octanol–water partition coefficient (Wildman–Crippen LogP) is 2.02. The Morgan fingerprint density at radius 2 is 2.08 bits per heavy atom. The third kappa shape index (κ3) is 1.73. The Labute approximate surface area is 145 Å². The van der Waals surface area contributed by atoms with E-state index in [0.717, 1.165) is 0 Å². The lowest BCUT2D eigenvalue weighted by Gasteiger charge is -2.37. The van der Waals surface area contributed by atoms with E-state index in [1.54, 1.807) is 17.0 Å². The monoisotopic (exact) mass is 335 g/mol. The molecule has 0 saturated heterocycles. The first-order valence-electron chi connectivity index (χ1n) is 8.33. The molecule has 1 atom stereocenters. The molecular formula is C19H17N3O3. The van der Waals surface area contributed by atoms with E-state index >= 15 is 0 Å². The summed E-state index contributed by atoms with van der Waals surface area (Å²) in [5.41, 5.74) is 6.19. The highest BCUT2D eigenvalue weighted by molar-refractivity contribution is 6.20. The highest BCUT2D eigenvalue weighted by Crippen LogP contribution is 2.55. The number of anilines is 1. The number of allylic oxidation sites excluding steroid dienone is 1. The second-order valence-electron chi connectivity index (χ2n) is 6.34. The molecule has 25 heavy (non-hydrogen) atoms. The lowest BCUT2D eigenvalue weighted by Crippen LogP contribution is -2.49. The van der Waals surface area contributed by atoms with Crippen molar-refractivity contribution in [2.75, 3.05) is 11.4 Å². The summed E-state index contributed by atoms with van der Waals surface area (Å²) in [6.07, 6.45) is 1.52. The van der Waals surface area contributed by atoms with Crippen LogP contribution in [0.15, 0.2) is 47.1 Å². The number of para-hydroxylation sites is 1. The number of carbonyl (C=O) groups excluding carboxylic acids is 2. The van der Waals surface area contributed by atoms with Gasteiger partial charge in [0.2, 0.25) is 11.8 Å². The molecule has 0 bridgehead atoms. The highest BCUT2D eigenvalue weighted by Gasteiger charge is 2.61. The minimum absolute atomic E-state index is 0.00917. The normalized spacial score (nSPS) is 25.0. The summed E-state index contributed by atoms with van der Waals surface area (Å²) < 4.78 is 5.61. The Kier molecular flexibility index (Phi) is 3.22. The largest absolute Gasteiger partial charge is 0.444 e. The topological polar surface area (TPSA) is 96.4 Å². The second kappa shape index (κ2) is 5.21. The van der Waals surface area contributed by atoms with Crippen LogP contribution >= 0.6 is 0 Å². The van der Waals surface area contributed by atoms with Crippen LogP contribution in [0.3, 0.4) is 0 Å². The second-order valence-corrected chi connectivity index (χ2v) is 6.34. The zero-order valence-corrected chi connectivity index (χ0v) is 13.8. The first-order chi connectivity index (χ1) is 12.1. The summed E-state index contributed by atoms with van der Waals surface area (Å²) in [5.74, 6) is -0.115. The van der Waals surface area contributed by atoms with Crippen molar-refractivity contribution in [1.82, 2.24) is 0 Å². The third-order valence-electron chi connectivity index (χ3n) is 5.19. The number of nitrogens with zero attached hydrogens (tertiary/aromatic N) is 2. The molecule has 2 heterocycles. The van der Waals surface area contributed by atoms with Gasteiger partial charge in [-0.25, -0.2) is 0 Å². The number of ether oxygens (including phenoxy) is 1. The van der Waals surface area contributed by atoms with Crippen LogP contribution < -0.4 is 10.6 Å². The molecule has 0 fully saturated rings. The molecular weight excluding hydrogens is 318 g/mol. The van der Waals surface area contributed by atoms with E-state index in [1.807, 2.05) is 19.1 Å². The number of amides is 1. The Morgan fingerprint density at radius 3 is 2.80 bits per heavy atom. The Balaban J connectivity index is 2.14. The first kappa shape index (κ1) is 15.5. The van der Waals surface area contributed by atoms with Gasteiger partial charge < -0.3 is 15.4 Å². The van der Waals surface area contributed by atoms with Gasteiger partial charge in [-0.15, -0.1) is 0 Å². The number of benzene rings is 1. The van der Waals surface area contributed by atoms with Crippen molar-refractivity contribution in [2.45, 2.75) is 31.6 Å². The third-order valence-corrected chi connectivity index (χ3v) is 5.19. The Hall–Kier alpha value is -3.07. The quantitative estimate of drug-likeness (QED) is 0.847. The van der Waals surface area contributed by atoms with Crippen LogP contribution in [-0.2, 0) is 19.7 Å². The maximum atomic E-state index is 13.5. The van der Waals surface area contributed by atoms with Crippen molar-refractivity contribution >= 4 is 17.4 Å². The summed E-state index contributed by atoms with van der Waals surface area (Å²) in [6.45, 7) is 2.30. The average Bonchev–Trinajstić information content (AvgIpc) is 2.84. The Bertz CT molecular complexity index is 922. The van der Waals surface area contributed by atoms with Crippen LogP contribution in [0.1, 0.15) is 31.7 Å². The van der Waals surface area contributed by atoms with Gasteiger partial charge in [-0.2, -0.15) is 5.26 Å². The highest BCUT2D eigenvalue weighted by atomic mass is 16.5. The van der Waals surface area contributed by atoms with Crippen LogP contribution in [0.4, 0.5) is 5.69 Å². The van der Waals surface area contributed by atoms with E-state index in [1.165, 1.54) is 0 Å². The van der Waals surface area contributed by atoms with Crippen LogP contribution in [0, 0.1) is 11.3 Å². The summed E-state index contributed by atoms with van der Waals surface area (Å²) in [4.78, 5) is 28.0. The Morgan fingerprint density at radius 1 is 1.32 bits per heavy atom. The van der Waals surface area contributed by atoms with Gasteiger partial charge in [-0.05, 0) is 19.4 Å². The molecule has 0 saturated carbocycles. The van der Waals surface area contributed by atoms with E-state index in [4.69, 9.17) is 10.5 Å². The lowest BCUT2D eigenvalue weighted by atomic mass is 9.65. The van der Waals surface area contributed by atoms with Gasteiger partial charge in [-0.3, -0.25) is 9.59 Å². The van der Waals surface area contributed by atoms with Crippen molar-refractivity contribution < 1.29 is 14.3 Å². The fourth-order valence-corrected chi connectivity index (χ4v) is 4.22. The summed E-state index contributed by atoms with van der Waals surface area (Å²) >= 11 is 0. The molecule has 1 amide bonds. The molecule has 3 aliphatic rings.